The average Bonchev–Trinajstić information content (AvgIpc) is 3.23. The smallest absolute Gasteiger partial charge is 0.257 e. The lowest BCUT2D eigenvalue weighted by Gasteiger charge is -2.12. The largest absolute Gasteiger partial charge is 0.497 e. The second kappa shape index (κ2) is 8.85. The Hall–Kier alpha value is -3.91. The number of ether oxygens (including phenoxy) is 2. The minimum absolute atomic E-state index is 0.154. The lowest BCUT2D eigenvalue weighted by molar-refractivity contribution is 0.0977. The first-order chi connectivity index (χ1) is 15.1. The van der Waals surface area contributed by atoms with Crippen molar-refractivity contribution < 1.29 is 18.7 Å². The Labute approximate surface area is 184 Å². The molecule has 0 aliphatic carbocycles. The van der Waals surface area contributed by atoms with Gasteiger partial charge in [0.25, 0.3) is 5.91 Å². The van der Waals surface area contributed by atoms with E-state index in [-0.39, 0.29) is 11.0 Å². The fourth-order valence-corrected chi connectivity index (χ4v) is 3.21. The van der Waals surface area contributed by atoms with E-state index < -0.39 is 0 Å². The average molecular weight is 433 g/mol. The maximum atomic E-state index is 12.6. The van der Waals surface area contributed by atoms with Crippen molar-refractivity contribution in [3.05, 3.63) is 72.3 Å². The summed E-state index contributed by atoms with van der Waals surface area (Å²) in [7, 11) is 3.04. The zero-order valence-electron chi connectivity index (χ0n) is 16.8. The number of hydrogen-bond acceptors (Lipinski definition) is 6. The van der Waals surface area contributed by atoms with E-state index in [1.54, 1.807) is 18.2 Å². The van der Waals surface area contributed by atoms with Crippen LogP contribution in [0.25, 0.3) is 22.6 Å². The van der Waals surface area contributed by atoms with Gasteiger partial charge in [0.05, 0.1) is 14.2 Å². The van der Waals surface area contributed by atoms with E-state index >= 15 is 0 Å². The summed E-state index contributed by atoms with van der Waals surface area (Å²) in [6.45, 7) is 0. The number of aromatic nitrogens is 1. The van der Waals surface area contributed by atoms with Gasteiger partial charge in [0.15, 0.2) is 10.7 Å². The fraction of sp³-hybridized carbons (Fsp3) is 0.0870. The van der Waals surface area contributed by atoms with Gasteiger partial charge in [-0.2, -0.15) is 0 Å². The summed E-state index contributed by atoms with van der Waals surface area (Å²) in [4.78, 5) is 17.1. The first-order valence-corrected chi connectivity index (χ1v) is 9.78. The zero-order chi connectivity index (χ0) is 21.8. The van der Waals surface area contributed by atoms with Crippen LogP contribution in [0.15, 0.2) is 71.1 Å². The van der Waals surface area contributed by atoms with Crippen LogP contribution in [0, 0.1) is 0 Å². The standard InChI is InChI=1S/C23H19N3O4S/c1-28-17-11-15(12-18(13-17)29-2)21(27)26-23(31)24-16-7-5-6-14(10-16)22-25-19-8-3-4-9-20(19)30-22/h3-13H,1-2H3,(H2,24,26,27,31). The second-order valence-electron chi connectivity index (χ2n) is 6.58. The molecule has 4 rings (SSSR count). The maximum Gasteiger partial charge on any atom is 0.257 e. The van der Waals surface area contributed by atoms with E-state index in [1.807, 2.05) is 48.5 Å². The SMILES string of the molecule is COc1cc(OC)cc(C(=O)NC(=S)Nc2cccc(-c3nc4ccccc4o3)c2)c1. The molecule has 0 fully saturated rings. The lowest BCUT2D eigenvalue weighted by atomic mass is 10.2. The van der Waals surface area contributed by atoms with E-state index in [2.05, 4.69) is 15.6 Å². The molecule has 0 atom stereocenters. The molecule has 0 saturated carbocycles. The van der Waals surface area contributed by atoms with Gasteiger partial charge in [0, 0.05) is 22.9 Å². The van der Waals surface area contributed by atoms with Crippen molar-refractivity contribution in [1.29, 1.82) is 0 Å². The van der Waals surface area contributed by atoms with E-state index in [1.165, 1.54) is 14.2 Å². The molecule has 0 spiro atoms. The molecule has 0 radical (unpaired) electrons. The highest BCUT2D eigenvalue weighted by molar-refractivity contribution is 7.80. The first-order valence-electron chi connectivity index (χ1n) is 9.37. The van der Waals surface area contributed by atoms with Crippen LogP contribution in [0.1, 0.15) is 10.4 Å². The molecule has 0 saturated heterocycles. The third-order valence-corrected chi connectivity index (χ3v) is 4.71. The van der Waals surface area contributed by atoms with Gasteiger partial charge in [-0.1, -0.05) is 18.2 Å². The third-order valence-electron chi connectivity index (χ3n) is 4.50. The van der Waals surface area contributed by atoms with Gasteiger partial charge < -0.3 is 19.2 Å². The summed E-state index contributed by atoms with van der Waals surface area (Å²) in [5, 5.41) is 5.82. The van der Waals surface area contributed by atoms with Crippen molar-refractivity contribution in [2.24, 2.45) is 0 Å². The number of rotatable bonds is 5. The first kappa shape index (κ1) is 20.4. The minimum Gasteiger partial charge on any atom is -0.497 e. The number of hydrogen-bond donors (Lipinski definition) is 2. The third kappa shape index (κ3) is 4.65. The number of fused-ring (bicyclic) bond motifs is 1. The van der Waals surface area contributed by atoms with Crippen LogP contribution in [0.5, 0.6) is 11.5 Å². The van der Waals surface area contributed by atoms with Crippen LogP contribution in [0.4, 0.5) is 5.69 Å². The quantitative estimate of drug-likeness (QED) is 0.444. The number of anilines is 1. The zero-order valence-corrected chi connectivity index (χ0v) is 17.7. The Balaban J connectivity index is 1.48. The fourth-order valence-electron chi connectivity index (χ4n) is 3.00. The Kier molecular flexibility index (Phi) is 5.81. The van der Waals surface area contributed by atoms with Gasteiger partial charge in [-0.15, -0.1) is 0 Å². The Morgan fingerprint density at radius 1 is 0.968 bits per heavy atom. The molecule has 31 heavy (non-hydrogen) atoms. The molecule has 3 aromatic carbocycles. The lowest BCUT2D eigenvalue weighted by Crippen LogP contribution is -2.34. The number of carbonyl (C=O) groups excluding carboxylic acids is 1. The van der Waals surface area contributed by atoms with Crippen LogP contribution in [-0.4, -0.2) is 30.2 Å². The number of amides is 1. The van der Waals surface area contributed by atoms with Gasteiger partial charge in [0.1, 0.15) is 17.0 Å². The maximum absolute atomic E-state index is 12.6. The number of benzene rings is 3. The molecular weight excluding hydrogens is 414 g/mol. The van der Waals surface area contributed by atoms with Crippen molar-refractivity contribution in [1.82, 2.24) is 10.3 Å². The van der Waals surface area contributed by atoms with Crippen LogP contribution >= 0.6 is 12.2 Å². The number of nitrogens with one attached hydrogen (secondary N) is 2. The number of nitrogens with zero attached hydrogens (tertiary/aromatic N) is 1. The highest BCUT2D eigenvalue weighted by Crippen LogP contribution is 2.26. The van der Waals surface area contributed by atoms with Crippen molar-refractivity contribution in [3.8, 4) is 23.0 Å². The summed E-state index contributed by atoms with van der Waals surface area (Å²) in [5.74, 6) is 1.14. The van der Waals surface area contributed by atoms with Crippen LogP contribution < -0.4 is 20.1 Å². The molecule has 1 aromatic heterocycles. The summed E-state index contributed by atoms with van der Waals surface area (Å²) >= 11 is 5.30. The van der Waals surface area contributed by atoms with E-state index in [0.717, 1.165) is 11.1 Å². The number of para-hydroxylation sites is 2. The highest BCUT2D eigenvalue weighted by Gasteiger charge is 2.13. The number of carbonyl (C=O) groups is 1. The monoisotopic (exact) mass is 433 g/mol. The normalized spacial score (nSPS) is 10.5. The van der Waals surface area contributed by atoms with Crippen molar-refractivity contribution in [2.75, 3.05) is 19.5 Å². The molecule has 8 heteroatoms. The van der Waals surface area contributed by atoms with Crippen molar-refractivity contribution >= 4 is 40.0 Å². The van der Waals surface area contributed by atoms with E-state index in [0.29, 0.717) is 34.2 Å². The molecule has 0 bridgehead atoms. The van der Waals surface area contributed by atoms with Crippen LogP contribution in [-0.2, 0) is 0 Å². The van der Waals surface area contributed by atoms with E-state index in [9.17, 15) is 4.79 Å². The summed E-state index contributed by atoms with van der Waals surface area (Å²) < 4.78 is 16.2. The number of oxazole rings is 1. The van der Waals surface area contributed by atoms with Gasteiger partial charge in [-0.05, 0) is 54.7 Å². The molecule has 1 amide bonds. The molecule has 4 aromatic rings. The molecule has 0 unspecified atom stereocenters. The number of methoxy groups -OCH3 is 2. The molecule has 7 nitrogen and oxygen atoms in total. The molecule has 2 N–H and O–H groups in total. The second-order valence-corrected chi connectivity index (χ2v) is 6.99. The Bertz CT molecular complexity index is 1210. The predicted molar refractivity (Wildman–Crippen MR) is 123 cm³/mol. The molecule has 0 aliphatic heterocycles. The van der Waals surface area contributed by atoms with E-state index in [4.69, 9.17) is 26.1 Å². The van der Waals surface area contributed by atoms with Crippen molar-refractivity contribution in [2.45, 2.75) is 0 Å². The van der Waals surface area contributed by atoms with Gasteiger partial charge in [0.2, 0.25) is 5.89 Å². The summed E-state index contributed by atoms with van der Waals surface area (Å²) in [6.07, 6.45) is 0. The topological polar surface area (TPSA) is 85.6 Å². The predicted octanol–water partition coefficient (Wildman–Crippen LogP) is 4.64. The Morgan fingerprint density at radius 3 is 2.42 bits per heavy atom. The van der Waals surface area contributed by atoms with Crippen LogP contribution in [0.2, 0.25) is 0 Å². The van der Waals surface area contributed by atoms with Crippen LogP contribution in [0.3, 0.4) is 0 Å². The Morgan fingerprint density at radius 2 is 1.71 bits per heavy atom. The van der Waals surface area contributed by atoms with Gasteiger partial charge >= 0.3 is 0 Å². The van der Waals surface area contributed by atoms with Gasteiger partial charge in [-0.25, -0.2) is 4.98 Å². The van der Waals surface area contributed by atoms with Crippen molar-refractivity contribution in [3.63, 3.8) is 0 Å². The summed E-state index contributed by atoms with van der Waals surface area (Å²) in [5.41, 5.74) is 3.33. The highest BCUT2D eigenvalue weighted by atomic mass is 32.1. The molecule has 156 valence electrons. The summed E-state index contributed by atoms with van der Waals surface area (Å²) in [6, 6.07) is 19.9. The number of thiocarbonyl (C=S) groups is 1. The molecule has 0 aliphatic rings. The minimum atomic E-state index is -0.384. The van der Waals surface area contributed by atoms with Gasteiger partial charge in [-0.3, -0.25) is 10.1 Å². The molecule has 1 heterocycles. The molecular formula is C23H19N3O4S.